The molecule has 2 heteroatoms. The molecular weight excluding hydrogens is 236 g/mol. The lowest BCUT2D eigenvalue weighted by Crippen LogP contribution is -2.15. The predicted octanol–water partition coefficient (Wildman–Crippen LogP) is 3.94. The van der Waals surface area contributed by atoms with Crippen LogP contribution in [0.15, 0.2) is 66.7 Å². The lowest BCUT2D eigenvalue weighted by atomic mass is 10.1. The molecule has 1 atom stereocenters. The average molecular weight is 252 g/mol. The van der Waals surface area contributed by atoms with Crippen molar-refractivity contribution >= 4 is 12.0 Å². The van der Waals surface area contributed by atoms with E-state index in [0.29, 0.717) is 5.75 Å². The fourth-order valence-corrected chi connectivity index (χ4v) is 1.60. The number of rotatable bonds is 4. The molecule has 0 aromatic heterocycles. The van der Waals surface area contributed by atoms with Crippen LogP contribution in [0.25, 0.3) is 6.08 Å². The number of hydrogen-bond donors (Lipinski definition) is 0. The molecule has 0 bridgehead atoms. The van der Waals surface area contributed by atoms with Gasteiger partial charge >= 0.3 is 5.97 Å². The van der Waals surface area contributed by atoms with Gasteiger partial charge in [-0.3, -0.25) is 4.79 Å². The van der Waals surface area contributed by atoms with E-state index in [9.17, 15) is 4.79 Å². The van der Waals surface area contributed by atoms with Crippen LogP contribution in [-0.4, -0.2) is 5.97 Å². The summed E-state index contributed by atoms with van der Waals surface area (Å²) < 4.78 is 5.27. The molecule has 0 fully saturated rings. The van der Waals surface area contributed by atoms with E-state index in [0.717, 1.165) is 5.56 Å². The van der Waals surface area contributed by atoms with Gasteiger partial charge in [0.25, 0.3) is 0 Å². The van der Waals surface area contributed by atoms with Crippen LogP contribution in [0.3, 0.4) is 0 Å². The van der Waals surface area contributed by atoms with E-state index in [-0.39, 0.29) is 11.9 Å². The second-order valence-corrected chi connectivity index (χ2v) is 4.29. The topological polar surface area (TPSA) is 26.3 Å². The normalized spacial score (nSPS) is 12.3. The maximum Gasteiger partial charge on any atom is 0.317 e. The Morgan fingerprint density at radius 1 is 1.00 bits per heavy atom. The fourth-order valence-electron chi connectivity index (χ4n) is 1.60. The Labute approximate surface area is 113 Å². The van der Waals surface area contributed by atoms with E-state index >= 15 is 0 Å². The highest BCUT2D eigenvalue weighted by atomic mass is 16.5. The highest BCUT2D eigenvalue weighted by Crippen LogP contribution is 2.12. The van der Waals surface area contributed by atoms with Crippen LogP contribution in [-0.2, 0) is 4.79 Å². The van der Waals surface area contributed by atoms with Gasteiger partial charge in [-0.05, 0) is 24.6 Å². The molecule has 0 aliphatic carbocycles. The van der Waals surface area contributed by atoms with Crippen molar-refractivity contribution in [2.75, 3.05) is 0 Å². The van der Waals surface area contributed by atoms with Crippen molar-refractivity contribution in [2.24, 2.45) is 5.92 Å². The van der Waals surface area contributed by atoms with Crippen molar-refractivity contribution in [2.45, 2.75) is 6.92 Å². The summed E-state index contributed by atoms with van der Waals surface area (Å²) in [5, 5.41) is 0. The fraction of sp³-hybridized carbons (Fsp3) is 0.118. The van der Waals surface area contributed by atoms with Crippen LogP contribution in [0.1, 0.15) is 12.5 Å². The van der Waals surface area contributed by atoms with Crippen molar-refractivity contribution in [1.29, 1.82) is 0 Å². The van der Waals surface area contributed by atoms with Crippen molar-refractivity contribution in [1.82, 2.24) is 0 Å². The SMILES string of the molecule is CC(/C=C/c1ccccc1)C(=O)Oc1ccccc1. The molecule has 0 radical (unpaired) electrons. The van der Waals surface area contributed by atoms with Gasteiger partial charge in [0, 0.05) is 0 Å². The van der Waals surface area contributed by atoms with Crippen LogP contribution in [0.5, 0.6) is 5.75 Å². The molecule has 2 nitrogen and oxygen atoms in total. The number of benzene rings is 2. The highest BCUT2D eigenvalue weighted by Gasteiger charge is 2.11. The Balaban J connectivity index is 1.95. The second kappa shape index (κ2) is 6.55. The summed E-state index contributed by atoms with van der Waals surface area (Å²) >= 11 is 0. The lowest BCUT2D eigenvalue weighted by Gasteiger charge is -2.07. The van der Waals surface area contributed by atoms with E-state index in [1.165, 1.54) is 0 Å². The van der Waals surface area contributed by atoms with Crippen molar-refractivity contribution in [3.8, 4) is 5.75 Å². The summed E-state index contributed by atoms with van der Waals surface area (Å²) in [6, 6.07) is 19.0. The molecule has 0 saturated carbocycles. The third-order valence-corrected chi connectivity index (χ3v) is 2.71. The number of para-hydroxylation sites is 1. The zero-order chi connectivity index (χ0) is 13.5. The largest absolute Gasteiger partial charge is 0.426 e. The molecule has 0 N–H and O–H groups in total. The third kappa shape index (κ3) is 4.11. The van der Waals surface area contributed by atoms with E-state index < -0.39 is 0 Å². The van der Waals surface area contributed by atoms with Gasteiger partial charge in [-0.2, -0.15) is 0 Å². The van der Waals surface area contributed by atoms with E-state index in [1.807, 2.05) is 67.6 Å². The average Bonchev–Trinajstić information content (AvgIpc) is 2.47. The summed E-state index contributed by atoms with van der Waals surface area (Å²) in [6.45, 7) is 1.82. The first kappa shape index (κ1) is 13.1. The Morgan fingerprint density at radius 2 is 1.58 bits per heavy atom. The van der Waals surface area contributed by atoms with E-state index in [2.05, 4.69) is 0 Å². The van der Waals surface area contributed by atoms with Gasteiger partial charge in [0.2, 0.25) is 0 Å². The molecule has 0 spiro atoms. The number of ether oxygens (including phenoxy) is 1. The first-order chi connectivity index (χ1) is 9.25. The summed E-state index contributed by atoms with van der Waals surface area (Å²) in [5.41, 5.74) is 1.07. The van der Waals surface area contributed by atoms with Gasteiger partial charge in [0.05, 0.1) is 5.92 Å². The smallest absolute Gasteiger partial charge is 0.317 e. The quantitative estimate of drug-likeness (QED) is 0.608. The van der Waals surface area contributed by atoms with Crippen LogP contribution < -0.4 is 4.74 Å². The summed E-state index contributed by atoms with van der Waals surface area (Å²) in [7, 11) is 0. The third-order valence-electron chi connectivity index (χ3n) is 2.71. The summed E-state index contributed by atoms with van der Waals surface area (Å²) in [6.07, 6.45) is 3.78. The van der Waals surface area contributed by atoms with E-state index in [4.69, 9.17) is 4.74 Å². The molecule has 0 heterocycles. The minimum atomic E-state index is -0.277. The Morgan fingerprint density at radius 3 is 2.21 bits per heavy atom. The molecule has 0 aliphatic rings. The maximum absolute atomic E-state index is 11.9. The lowest BCUT2D eigenvalue weighted by molar-refractivity contribution is -0.136. The maximum atomic E-state index is 11.9. The van der Waals surface area contributed by atoms with Crippen LogP contribution >= 0.6 is 0 Å². The van der Waals surface area contributed by atoms with Crippen LogP contribution in [0.2, 0.25) is 0 Å². The van der Waals surface area contributed by atoms with Gasteiger partial charge < -0.3 is 4.74 Å². The monoisotopic (exact) mass is 252 g/mol. The Bertz CT molecular complexity index is 544. The standard InChI is InChI=1S/C17H16O2/c1-14(12-13-15-8-4-2-5-9-15)17(18)19-16-10-6-3-7-11-16/h2-14H,1H3/b13-12+. The van der Waals surface area contributed by atoms with Crippen LogP contribution in [0, 0.1) is 5.92 Å². The zero-order valence-corrected chi connectivity index (χ0v) is 10.8. The van der Waals surface area contributed by atoms with Gasteiger partial charge in [0.15, 0.2) is 0 Å². The minimum absolute atomic E-state index is 0.251. The molecule has 2 aromatic rings. The van der Waals surface area contributed by atoms with Crippen molar-refractivity contribution < 1.29 is 9.53 Å². The number of carbonyl (C=O) groups is 1. The molecule has 2 rings (SSSR count). The summed E-state index contributed by atoms with van der Waals surface area (Å²) in [4.78, 5) is 11.9. The zero-order valence-electron chi connectivity index (χ0n) is 10.8. The summed E-state index contributed by atoms with van der Waals surface area (Å²) in [5.74, 6) is 0.0475. The van der Waals surface area contributed by atoms with Gasteiger partial charge in [0.1, 0.15) is 5.75 Å². The predicted molar refractivity (Wildman–Crippen MR) is 76.7 cm³/mol. The Hall–Kier alpha value is -2.35. The minimum Gasteiger partial charge on any atom is -0.426 e. The van der Waals surface area contributed by atoms with Gasteiger partial charge in [-0.25, -0.2) is 0 Å². The Kier molecular flexibility index (Phi) is 4.51. The highest BCUT2D eigenvalue weighted by molar-refractivity contribution is 5.77. The molecule has 0 amide bonds. The van der Waals surface area contributed by atoms with Crippen molar-refractivity contribution in [3.63, 3.8) is 0 Å². The van der Waals surface area contributed by atoms with Gasteiger partial charge in [-0.1, -0.05) is 60.7 Å². The van der Waals surface area contributed by atoms with Gasteiger partial charge in [-0.15, -0.1) is 0 Å². The molecule has 2 aromatic carbocycles. The number of hydrogen-bond acceptors (Lipinski definition) is 2. The molecule has 1 unspecified atom stereocenters. The molecule has 19 heavy (non-hydrogen) atoms. The molecule has 0 aliphatic heterocycles. The van der Waals surface area contributed by atoms with Crippen molar-refractivity contribution in [3.05, 3.63) is 72.3 Å². The van der Waals surface area contributed by atoms with E-state index in [1.54, 1.807) is 12.1 Å². The van der Waals surface area contributed by atoms with Crippen LogP contribution in [0.4, 0.5) is 0 Å². The number of carbonyl (C=O) groups excluding carboxylic acids is 1. The second-order valence-electron chi connectivity index (χ2n) is 4.29. The first-order valence-electron chi connectivity index (χ1n) is 6.26. The first-order valence-corrected chi connectivity index (χ1v) is 6.26. The molecule has 0 saturated heterocycles. The molecule has 96 valence electrons. The molecular formula is C17H16O2. The number of esters is 1.